The molecule has 0 N–H and O–H groups in total. The average molecular weight is 470 g/mol. The quantitative estimate of drug-likeness (QED) is 0.306. The number of aromatic nitrogens is 3. The molecular weight excluding hydrogens is 451 g/mol. The Morgan fingerprint density at radius 2 is 2.00 bits per heavy atom. The maximum Gasteiger partial charge on any atom is 0.387 e. The molecule has 2 aromatic carbocycles. The van der Waals surface area contributed by atoms with Gasteiger partial charge in [-0.05, 0) is 12.1 Å². The van der Waals surface area contributed by atoms with Crippen LogP contribution in [0.3, 0.4) is 0 Å². The minimum absolute atomic E-state index is 0.0258. The Balaban J connectivity index is 1.77. The van der Waals surface area contributed by atoms with Crippen molar-refractivity contribution >= 4 is 23.4 Å². The minimum atomic E-state index is -3.00. The summed E-state index contributed by atoms with van der Waals surface area (Å²) < 4.78 is 53.3. The highest BCUT2D eigenvalue weighted by atomic mass is 35.5. The zero-order valence-corrected chi connectivity index (χ0v) is 18.2. The molecule has 0 amide bonds. The highest BCUT2D eigenvalue weighted by molar-refractivity contribution is 7.99. The van der Waals surface area contributed by atoms with Gasteiger partial charge in [-0.15, -0.1) is 0 Å². The normalized spacial score (nSPS) is 20.5. The number of epoxide rings is 1. The Labute approximate surface area is 186 Å². The van der Waals surface area contributed by atoms with Gasteiger partial charge in [-0.2, -0.15) is 13.9 Å². The summed E-state index contributed by atoms with van der Waals surface area (Å²) in [6, 6.07) is 11.0. The number of benzene rings is 2. The molecule has 0 bridgehead atoms. The first kappa shape index (κ1) is 22.0. The topological polar surface area (TPSA) is 52.5 Å². The van der Waals surface area contributed by atoms with Crippen molar-refractivity contribution < 1.29 is 22.6 Å². The summed E-state index contributed by atoms with van der Waals surface area (Å²) in [6.07, 6.45) is 0.675. The summed E-state index contributed by atoms with van der Waals surface area (Å²) in [7, 11) is 0. The van der Waals surface area contributed by atoms with Crippen LogP contribution in [-0.4, -0.2) is 26.6 Å². The molecule has 1 saturated heterocycles. The van der Waals surface area contributed by atoms with Gasteiger partial charge in [0, 0.05) is 16.4 Å². The number of hydrogen-bond acceptors (Lipinski definition) is 5. The summed E-state index contributed by atoms with van der Waals surface area (Å²) in [5.74, 6) is -0.653. The van der Waals surface area contributed by atoms with E-state index in [0.29, 0.717) is 10.7 Å². The molecule has 10 heteroatoms. The van der Waals surface area contributed by atoms with Crippen LogP contribution < -0.4 is 4.74 Å². The smallest absolute Gasteiger partial charge is 0.387 e. The molecule has 1 aliphatic rings. The maximum absolute atomic E-state index is 15.1. The lowest BCUT2D eigenvalue weighted by atomic mass is 9.90. The van der Waals surface area contributed by atoms with Crippen molar-refractivity contribution in [2.24, 2.45) is 0 Å². The van der Waals surface area contributed by atoms with Gasteiger partial charge in [0.25, 0.3) is 0 Å². The van der Waals surface area contributed by atoms with Gasteiger partial charge in [0.1, 0.15) is 29.6 Å². The third kappa shape index (κ3) is 4.40. The summed E-state index contributed by atoms with van der Waals surface area (Å²) >= 11 is 7.53. The molecule has 31 heavy (non-hydrogen) atoms. The average Bonchev–Trinajstić information content (AvgIpc) is 3.27. The van der Waals surface area contributed by atoms with Crippen LogP contribution in [-0.2, 0) is 16.9 Å². The maximum atomic E-state index is 15.1. The molecular formula is C21H19ClF3N3O2S. The predicted octanol–water partition coefficient (Wildman–Crippen LogP) is 5.84. The number of para-hydroxylation sites is 1. The van der Waals surface area contributed by atoms with Gasteiger partial charge in [0.15, 0.2) is 5.16 Å². The van der Waals surface area contributed by atoms with Crippen LogP contribution in [0.5, 0.6) is 5.75 Å². The molecule has 164 valence electrons. The molecule has 0 radical (unpaired) electrons. The van der Waals surface area contributed by atoms with Crippen LogP contribution in [0.1, 0.15) is 31.1 Å². The van der Waals surface area contributed by atoms with E-state index >= 15 is 4.39 Å². The summed E-state index contributed by atoms with van der Waals surface area (Å²) in [5.41, 5.74) is -0.607. The van der Waals surface area contributed by atoms with Gasteiger partial charge in [-0.1, -0.05) is 67.5 Å². The van der Waals surface area contributed by atoms with Crippen LogP contribution in [0.2, 0.25) is 5.02 Å². The van der Waals surface area contributed by atoms with Gasteiger partial charge in [0.2, 0.25) is 0 Å². The molecule has 4 rings (SSSR count). The van der Waals surface area contributed by atoms with Crippen LogP contribution in [0.15, 0.2) is 53.9 Å². The first-order valence-corrected chi connectivity index (χ1v) is 10.8. The summed E-state index contributed by atoms with van der Waals surface area (Å²) in [4.78, 5) is 4.27. The number of rotatable bonds is 8. The second kappa shape index (κ2) is 8.72. The molecule has 1 fully saturated rings. The van der Waals surface area contributed by atoms with Gasteiger partial charge in [-0.25, -0.2) is 14.1 Å². The number of ether oxygens (including phenoxy) is 2. The van der Waals surface area contributed by atoms with Crippen molar-refractivity contribution in [2.45, 2.75) is 49.1 Å². The molecule has 0 saturated carbocycles. The molecule has 2 atom stereocenters. The molecule has 0 spiro atoms. The van der Waals surface area contributed by atoms with Crippen molar-refractivity contribution in [1.29, 1.82) is 0 Å². The number of thioether (sulfide) groups is 1. The van der Waals surface area contributed by atoms with E-state index < -0.39 is 24.1 Å². The van der Waals surface area contributed by atoms with Gasteiger partial charge >= 0.3 is 6.61 Å². The Hall–Kier alpha value is -2.23. The zero-order chi connectivity index (χ0) is 22.2. The van der Waals surface area contributed by atoms with Crippen molar-refractivity contribution in [3.63, 3.8) is 0 Å². The molecule has 3 aromatic rings. The molecule has 2 heterocycles. The first-order valence-electron chi connectivity index (χ1n) is 9.52. The summed E-state index contributed by atoms with van der Waals surface area (Å²) in [5, 5.41) is 5.10. The van der Waals surface area contributed by atoms with E-state index in [1.54, 1.807) is 35.0 Å². The number of halogens is 4. The van der Waals surface area contributed by atoms with E-state index in [1.165, 1.54) is 30.2 Å². The van der Waals surface area contributed by atoms with Gasteiger partial charge in [0.05, 0.1) is 11.6 Å². The minimum Gasteiger partial charge on any atom is -0.434 e. The third-order valence-corrected chi connectivity index (χ3v) is 6.12. The van der Waals surface area contributed by atoms with E-state index in [1.807, 2.05) is 13.8 Å². The fraction of sp³-hybridized carbons (Fsp3) is 0.333. The zero-order valence-electron chi connectivity index (χ0n) is 16.6. The van der Waals surface area contributed by atoms with Crippen molar-refractivity contribution in [1.82, 2.24) is 14.8 Å². The van der Waals surface area contributed by atoms with E-state index in [2.05, 4.69) is 14.8 Å². The first-order chi connectivity index (χ1) is 14.8. The SMILES string of the molecule is CC(C)Sc1ncnn1CC1(c2cccc(Cl)c2F)OC1c1ccccc1OC(F)F. The number of hydrogen-bond donors (Lipinski definition) is 0. The second-order valence-electron chi connectivity index (χ2n) is 7.27. The van der Waals surface area contributed by atoms with Crippen molar-refractivity contribution in [2.75, 3.05) is 0 Å². The Bertz CT molecular complexity index is 1080. The van der Waals surface area contributed by atoms with Crippen molar-refractivity contribution in [3.8, 4) is 5.75 Å². The van der Waals surface area contributed by atoms with E-state index in [9.17, 15) is 8.78 Å². The Morgan fingerprint density at radius 1 is 1.23 bits per heavy atom. The monoisotopic (exact) mass is 469 g/mol. The number of alkyl halides is 2. The second-order valence-corrected chi connectivity index (χ2v) is 9.22. The van der Waals surface area contributed by atoms with Crippen LogP contribution in [0.25, 0.3) is 0 Å². The lowest BCUT2D eigenvalue weighted by molar-refractivity contribution is -0.0506. The molecule has 2 unspecified atom stereocenters. The number of nitrogens with zero attached hydrogens (tertiary/aromatic N) is 3. The highest BCUT2D eigenvalue weighted by Crippen LogP contribution is 2.60. The summed E-state index contributed by atoms with van der Waals surface area (Å²) in [6.45, 7) is 1.16. The predicted molar refractivity (Wildman–Crippen MR) is 111 cm³/mol. The van der Waals surface area contributed by atoms with Crippen molar-refractivity contribution in [3.05, 3.63) is 70.8 Å². The fourth-order valence-electron chi connectivity index (χ4n) is 3.52. The molecule has 1 aliphatic heterocycles. The Kier molecular flexibility index (Phi) is 6.18. The van der Waals surface area contributed by atoms with E-state index in [0.717, 1.165) is 0 Å². The lowest BCUT2D eigenvalue weighted by Crippen LogP contribution is -2.22. The van der Waals surface area contributed by atoms with Crippen LogP contribution in [0, 0.1) is 5.82 Å². The van der Waals surface area contributed by atoms with Gasteiger partial charge < -0.3 is 9.47 Å². The van der Waals surface area contributed by atoms with Gasteiger partial charge in [-0.3, -0.25) is 0 Å². The molecule has 5 nitrogen and oxygen atoms in total. The molecule has 1 aromatic heterocycles. The van der Waals surface area contributed by atoms with E-state index in [-0.39, 0.29) is 28.1 Å². The lowest BCUT2D eigenvalue weighted by Gasteiger charge is -2.18. The standard InChI is InChI=1S/C21H19ClF3N3O2S/c1-12(2)31-20-26-11-27-28(20)10-21(14-7-5-8-15(22)17(14)23)18(30-21)13-6-3-4-9-16(13)29-19(24)25/h3-9,11-12,18-19H,10H2,1-2H3. The Morgan fingerprint density at radius 3 is 2.74 bits per heavy atom. The highest BCUT2D eigenvalue weighted by Gasteiger charge is 2.61. The largest absolute Gasteiger partial charge is 0.434 e. The van der Waals surface area contributed by atoms with Crippen LogP contribution >= 0.6 is 23.4 Å². The van der Waals surface area contributed by atoms with Crippen LogP contribution in [0.4, 0.5) is 13.2 Å². The molecule has 0 aliphatic carbocycles. The van der Waals surface area contributed by atoms with E-state index in [4.69, 9.17) is 16.3 Å². The third-order valence-electron chi connectivity index (χ3n) is 4.83. The fourth-order valence-corrected chi connectivity index (χ4v) is 4.46.